The van der Waals surface area contributed by atoms with Crippen LogP contribution in [0.3, 0.4) is 0 Å². The van der Waals surface area contributed by atoms with Gasteiger partial charge in [0, 0.05) is 11.6 Å². The molecule has 9 heteroatoms. The van der Waals surface area contributed by atoms with Crippen molar-refractivity contribution in [2.45, 2.75) is 26.7 Å². The lowest BCUT2D eigenvalue weighted by atomic mass is 9.97. The van der Waals surface area contributed by atoms with Gasteiger partial charge in [-0.1, -0.05) is 19.0 Å². The summed E-state index contributed by atoms with van der Waals surface area (Å²) in [6, 6.07) is 9.05. The van der Waals surface area contributed by atoms with Gasteiger partial charge in [-0.05, 0) is 48.7 Å². The molecule has 0 saturated heterocycles. The fourth-order valence-corrected chi connectivity index (χ4v) is 3.10. The van der Waals surface area contributed by atoms with Crippen LogP contribution in [0.15, 0.2) is 40.9 Å². The quantitative estimate of drug-likeness (QED) is 0.463. The van der Waals surface area contributed by atoms with Crippen molar-refractivity contribution in [3.8, 4) is 28.6 Å². The van der Waals surface area contributed by atoms with Crippen molar-refractivity contribution in [1.82, 2.24) is 5.16 Å². The summed E-state index contributed by atoms with van der Waals surface area (Å²) in [5.74, 6) is -1.27. The summed E-state index contributed by atoms with van der Waals surface area (Å²) in [6.45, 7) is 5.46. The summed E-state index contributed by atoms with van der Waals surface area (Å²) >= 11 is 0. The van der Waals surface area contributed by atoms with Crippen molar-refractivity contribution >= 4 is 17.6 Å². The van der Waals surface area contributed by atoms with Gasteiger partial charge in [0.15, 0.2) is 5.76 Å². The Morgan fingerprint density at radius 2 is 1.81 bits per heavy atom. The number of nitrogens with one attached hydrogen (secondary N) is 1. The second-order valence-corrected chi connectivity index (χ2v) is 7.22. The molecule has 2 aromatic carbocycles. The number of rotatable bonds is 7. The van der Waals surface area contributed by atoms with Crippen LogP contribution in [0.2, 0.25) is 0 Å². The zero-order valence-corrected chi connectivity index (χ0v) is 18.1. The minimum absolute atomic E-state index is 0.0469. The number of aromatic nitrogens is 1. The van der Waals surface area contributed by atoms with Crippen LogP contribution >= 0.6 is 0 Å². The molecule has 0 radical (unpaired) electrons. The molecule has 32 heavy (non-hydrogen) atoms. The predicted octanol–water partition coefficient (Wildman–Crippen LogP) is 4.31. The Kier molecular flexibility index (Phi) is 6.67. The first-order valence-corrected chi connectivity index (χ1v) is 9.95. The van der Waals surface area contributed by atoms with Crippen LogP contribution in [0.5, 0.6) is 17.2 Å². The van der Waals surface area contributed by atoms with E-state index in [1.165, 1.54) is 19.2 Å². The molecule has 3 N–H and O–H groups in total. The van der Waals surface area contributed by atoms with Crippen LogP contribution < -0.4 is 10.1 Å². The monoisotopic (exact) mass is 440 g/mol. The molecular weight excluding hydrogens is 416 g/mol. The number of hydrogen-bond acceptors (Lipinski definition) is 8. The topological polar surface area (TPSA) is 131 Å². The van der Waals surface area contributed by atoms with Crippen molar-refractivity contribution in [3.05, 3.63) is 53.2 Å². The third-order valence-corrected chi connectivity index (χ3v) is 4.76. The van der Waals surface area contributed by atoms with E-state index in [-0.39, 0.29) is 46.7 Å². The van der Waals surface area contributed by atoms with E-state index in [2.05, 4.69) is 10.5 Å². The number of ether oxygens (including phenoxy) is 2. The standard InChI is InChI=1S/C23H24N2O7/c1-5-31-23(29)20-19(24-22(28)13-6-8-14(30-4)9-7-13)21(32-25-20)16-10-15(12(2)3)17(26)11-18(16)27/h6-12,26-27H,5H2,1-4H3,(H,24,28). The molecule has 3 rings (SSSR count). The number of phenols is 2. The highest BCUT2D eigenvalue weighted by Gasteiger charge is 2.28. The van der Waals surface area contributed by atoms with Crippen molar-refractivity contribution in [1.29, 1.82) is 0 Å². The number of nitrogens with zero attached hydrogens (tertiary/aromatic N) is 1. The molecule has 0 saturated carbocycles. The Labute approximate surface area is 184 Å². The second-order valence-electron chi connectivity index (χ2n) is 7.22. The highest BCUT2D eigenvalue weighted by molar-refractivity contribution is 6.10. The molecule has 1 heterocycles. The lowest BCUT2D eigenvalue weighted by molar-refractivity contribution is 0.0516. The molecule has 168 valence electrons. The smallest absolute Gasteiger partial charge is 0.362 e. The fourth-order valence-electron chi connectivity index (χ4n) is 3.10. The highest BCUT2D eigenvalue weighted by Crippen LogP contribution is 2.42. The molecule has 0 bridgehead atoms. The van der Waals surface area contributed by atoms with Crippen molar-refractivity contribution in [2.24, 2.45) is 0 Å². The molecule has 9 nitrogen and oxygen atoms in total. The van der Waals surface area contributed by atoms with E-state index in [9.17, 15) is 19.8 Å². The summed E-state index contributed by atoms with van der Waals surface area (Å²) in [4.78, 5) is 25.3. The second kappa shape index (κ2) is 9.42. The molecular formula is C23H24N2O7. The van der Waals surface area contributed by atoms with Crippen LogP contribution in [-0.4, -0.2) is 41.0 Å². The van der Waals surface area contributed by atoms with Gasteiger partial charge in [0.2, 0.25) is 5.69 Å². The summed E-state index contributed by atoms with van der Waals surface area (Å²) in [5, 5.41) is 27.0. The van der Waals surface area contributed by atoms with E-state index in [0.29, 0.717) is 16.9 Å². The maximum atomic E-state index is 12.9. The number of esters is 1. The number of hydrogen-bond donors (Lipinski definition) is 3. The van der Waals surface area contributed by atoms with E-state index in [1.54, 1.807) is 31.2 Å². The van der Waals surface area contributed by atoms with Gasteiger partial charge in [-0.2, -0.15) is 0 Å². The van der Waals surface area contributed by atoms with E-state index in [1.807, 2.05) is 13.8 Å². The SMILES string of the molecule is CCOC(=O)c1noc(-c2cc(C(C)C)c(O)cc2O)c1NC(=O)c1ccc(OC)cc1. The van der Waals surface area contributed by atoms with Crippen LogP contribution in [0, 0.1) is 0 Å². The summed E-state index contributed by atoms with van der Waals surface area (Å²) in [6.07, 6.45) is 0. The molecule has 3 aromatic rings. The number of aromatic hydroxyl groups is 2. The normalized spacial score (nSPS) is 10.8. The molecule has 0 fully saturated rings. The number of phenolic OH excluding ortho intramolecular Hbond substituents is 2. The zero-order valence-electron chi connectivity index (χ0n) is 18.1. The molecule has 0 aliphatic carbocycles. The maximum Gasteiger partial charge on any atom is 0.362 e. The summed E-state index contributed by atoms with van der Waals surface area (Å²) in [7, 11) is 1.51. The number of methoxy groups -OCH3 is 1. The van der Waals surface area contributed by atoms with E-state index < -0.39 is 11.9 Å². The number of benzene rings is 2. The van der Waals surface area contributed by atoms with Gasteiger partial charge in [0.05, 0.1) is 19.3 Å². The van der Waals surface area contributed by atoms with Crippen LogP contribution in [-0.2, 0) is 4.74 Å². The van der Waals surface area contributed by atoms with Gasteiger partial charge >= 0.3 is 5.97 Å². The van der Waals surface area contributed by atoms with E-state index >= 15 is 0 Å². The Hall–Kier alpha value is -4.01. The molecule has 0 unspecified atom stereocenters. The molecule has 0 aliphatic heterocycles. The number of anilines is 1. The Bertz CT molecular complexity index is 1130. The fraction of sp³-hybridized carbons (Fsp3) is 0.261. The van der Waals surface area contributed by atoms with Gasteiger partial charge in [-0.3, -0.25) is 4.79 Å². The van der Waals surface area contributed by atoms with Gasteiger partial charge in [-0.25, -0.2) is 4.79 Å². The lowest BCUT2D eigenvalue weighted by Crippen LogP contribution is -2.16. The van der Waals surface area contributed by atoms with Crippen molar-refractivity contribution in [3.63, 3.8) is 0 Å². The Balaban J connectivity index is 2.09. The van der Waals surface area contributed by atoms with Crippen LogP contribution in [0.4, 0.5) is 5.69 Å². The lowest BCUT2D eigenvalue weighted by Gasteiger charge is -2.13. The van der Waals surface area contributed by atoms with E-state index in [0.717, 1.165) is 0 Å². The average molecular weight is 440 g/mol. The van der Waals surface area contributed by atoms with Gasteiger partial charge < -0.3 is 29.5 Å². The van der Waals surface area contributed by atoms with Gasteiger partial charge in [-0.15, -0.1) is 0 Å². The summed E-state index contributed by atoms with van der Waals surface area (Å²) < 4.78 is 15.5. The molecule has 0 spiro atoms. The third-order valence-electron chi connectivity index (χ3n) is 4.76. The first-order chi connectivity index (χ1) is 15.3. The molecule has 1 aromatic heterocycles. The van der Waals surface area contributed by atoms with Crippen molar-refractivity contribution < 1.29 is 33.8 Å². The van der Waals surface area contributed by atoms with Crippen LogP contribution in [0.25, 0.3) is 11.3 Å². The summed E-state index contributed by atoms with van der Waals surface area (Å²) in [5.41, 5.74) is 0.687. The first kappa shape index (κ1) is 22.7. The average Bonchev–Trinajstić information content (AvgIpc) is 3.17. The van der Waals surface area contributed by atoms with Crippen LogP contribution in [0.1, 0.15) is 53.1 Å². The Morgan fingerprint density at radius 1 is 1.12 bits per heavy atom. The van der Waals surface area contributed by atoms with Crippen molar-refractivity contribution in [2.75, 3.05) is 19.0 Å². The highest BCUT2D eigenvalue weighted by atomic mass is 16.5. The predicted molar refractivity (Wildman–Crippen MR) is 116 cm³/mol. The molecule has 0 atom stereocenters. The van der Waals surface area contributed by atoms with Gasteiger partial charge in [0.1, 0.15) is 22.9 Å². The first-order valence-electron chi connectivity index (χ1n) is 9.95. The number of amides is 1. The minimum atomic E-state index is -0.796. The zero-order chi connectivity index (χ0) is 23.4. The van der Waals surface area contributed by atoms with E-state index in [4.69, 9.17) is 14.0 Å². The Morgan fingerprint density at radius 3 is 2.41 bits per heavy atom. The number of carbonyl (C=O) groups excluding carboxylic acids is 2. The number of carbonyl (C=O) groups is 2. The largest absolute Gasteiger partial charge is 0.508 e. The third kappa shape index (κ3) is 4.51. The minimum Gasteiger partial charge on any atom is -0.508 e. The molecule has 0 aliphatic rings. The van der Waals surface area contributed by atoms with Gasteiger partial charge in [0.25, 0.3) is 5.91 Å². The maximum absolute atomic E-state index is 12.9. The molecule has 1 amide bonds.